The van der Waals surface area contributed by atoms with Crippen molar-refractivity contribution in [3.63, 3.8) is 0 Å². The number of nitrogens with zero attached hydrogens (tertiary/aromatic N) is 1. The molecule has 2 nitrogen and oxygen atoms in total. The molecule has 1 saturated heterocycles. The lowest BCUT2D eigenvalue weighted by atomic mass is 10.1. The molecule has 0 saturated carbocycles. The Morgan fingerprint density at radius 1 is 1.35 bits per heavy atom. The van der Waals surface area contributed by atoms with Crippen molar-refractivity contribution in [2.24, 2.45) is 0 Å². The largest absolute Gasteiger partial charge is 0.377 e. The molecular weight excluding hydrogens is 234 g/mol. The van der Waals surface area contributed by atoms with Crippen LogP contribution in [0.15, 0.2) is 24.3 Å². The van der Waals surface area contributed by atoms with Crippen LogP contribution in [0.1, 0.15) is 24.8 Å². The van der Waals surface area contributed by atoms with Gasteiger partial charge in [0.2, 0.25) is 0 Å². The first-order valence-electron chi connectivity index (χ1n) is 6.29. The summed E-state index contributed by atoms with van der Waals surface area (Å²) in [6, 6.07) is 8.03. The second-order valence-electron chi connectivity index (χ2n) is 4.78. The van der Waals surface area contributed by atoms with Crippen LogP contribution in [0.5, 0.6) is 0 Å². The van der Waals surface area contributed by atoms with Crippen LogP contribution in [-0.4, -0.2) is 31.2 Å². The minimum Gasteiger partial charge on any atom is -0.377 e. The van der Waals surface area contributed by atoms with Crippen LogP contribution in [0, 0.1) is 0 Å². The molecule has 0 bridgehead atoms. The van der Waals surface area contributed by atoms with E-state index < -0.39 is 0 Å². The summed E-state index contributed by atoms with van der Waals surface area (Å²) in [5.74, 6) is 0. The molecule has 1 heterocycles. The van der Waals surface area contributed by atoms with E-state index in [-0.39, 0.29) is 0 Å². The van der Waals surface area contributed by atoms with Crippen LogP contribution in [0.2, 0.25) is 5.02 Å². The van der Waals surface area contributed by atoms with E-state index in [1.54, 1.807) is 0 Å². The molecule has 1 aliphatic heterocycles. The third-order valence-electron chi connectivity index (χ3n) is 3.19. The standard InChI is InChI=1S/C14H20ClNO/c1-16(11-13-7-4-5-9-17-13)10-12-6-2-3-8-14(12)15/h2-3,6,8,13H,4-5,7,9-11H2,1H3/t13-/m1/s1. The van der Waals surface area contributed by atoms with Crippen LogP contribution in [0.3, 0.4) is 0 Å². The fourth-order valence-electron chi connectivity index (χ4n) is 2.28. The van der Waals surface area contributed by atoms with Gasteiger partial charge in [-0.2, -0.15) is 0 Å². The lowest BCUT2D eigenvalue weighted by molar-refractivity contribution is -0.00258. The van der Waals surface area contributed by atoms with Gasteiger partial charge in [-0.3, -0.25) is 4.90 Å². The number of ether oxygens (including phenoxy) is 1. The van der Waals surface area contributed by atoms with Crippen LogP contribution in [-0.2, 0) is 11.3 Å². The zero-order chi connectivity index (χ0) is 12.1. The summed E-state index contributed by atoms with van der Waals surface area (Å²) in [7, 11) is 2.13. The zero-order valence-electron chi connectivity index (χ0n) is 10.4. The summed E-state index contributed by atoms with van der Waals surface area (Å²) >= 11 is 6.15. The summed E-state index contributed by atoms with van der Waals surface area (Å²) in [6.45, 7) is 2.80. The summed E-state index contributed by atoms with van der Waals surface area (Å²) in [5.41, 5.74) is 1.19. The van der Waals surface area contributed by atoms with Crippen molar-refractivity contribution < 1.29 is 4.74 Å². The molecule has 0 N–H and O–H groups in total. The molecule has 1 fully saturated rings. The predicted octanol–water partition coefficient (Wildman–Crippen LogP) is 3.34. The second-order valence-corrected chi connectivity index (χ2v) is 5.18. The Labute approximate surface area is 109 Å². The van der Waals surface area contributed by atoms with E-state index in [1.807, 2.05) is 18.2 Å². The van der Waals surface area contributed by atoms with Crippen molar-refractivity contribution >= 4 is 11.6 Å². The van der Waals surface area contributed by atoms with E-state index in [4.69, 9.17) is 16.3 Å². The molecule has 3 heteroatoms. The molecule has 2 rings (SSSR count). The SMILES string of the molecule is CN(Cc1ccccc1Cl)C[C@H]1CCCCO1. The lowest BCUT2D eigenvalue weighted by Crippen LogP contribution is -2.33. The first-order valence-corrected chi connectivity index (χ1v) is 6.67. The lowest BCUT2D eigenvalue weighted by Gasteiger charge is -2.27. The third kappa shape index (κ3) is 3.98. The molecule has 0 aliphatic carbocycles. The Kier molecular flexibility index (Phi) is 4.84. The fraction of sp³-hybridized carbons (Fsp3) is 0.571. The normalized spacial score (nSPS) is 20.8. The fourth-order valence-corrected chi connectivity index (χ4v) is 2.48. The van der Waals surface area contributed by atoms with Gasteiger partial charge in [-0.15, -0.1) is 0 Å². The van der Waals surface area contributed by atoms with Crippen molar-refractivity contribution in [3.8, 4) is 0 Å². The second kappa shape index (κ2) is 6.39. The highest BCUT2D eigenvalue weighted by molar-refractivity contribution is 6.31. The van der Waals surface area contributed by atoms with Gasteiger partial charge in [-0.05, 0) is 37.9 Å². The van der Waals surface area contributed by atoms with Gasteiger partial charge in [0.25, 0.3) is 0 Å². The molecule has 0 spiro atoms. The Balaban J connectivity index is 1.84. The first-order chi connectivity index (χ1) is 8.25. The maximum Gasteiger partial charge on any atom is 0.0702 e. The van der Waals surface area contributed by atoms with Gasteiger partial charge in [0.05, 0.1) is 6.10 Å². The maximum atomic E-state index is 6.15. The van der Waals surface area contributed by atoms with Crippen LogP contribution in [0.4, 0.5) is 0 Å². The van der Waals surface area contributed by atoms with Crippen molar-refractivity contribution in [2.45, 2.75) is 31.9 Å². The Bertz CT molecular complexity index is 350. The van der Waals surface area contributed by atoms with Crippen LogP contribution >= 0.6 is 11.6 Å². The highest BCUT2D eigenvalue weighted by Gasteiger charge is 2.16. The minimum absolute atomic E-state index is 0.399. The molecule has 1 atom stereocenters. The van der Waals surface area contributed by atoms with Crippen LogP contribution in [0.25, 0.3) is 0 Å². The first kappa shape index (κ1) is 12.9. The summed E-state index contributed by atoms with van der Waals surface area (Å²) < 4.78 is 5.74. The average Bonchev–Trinajstić information content (AvgIpc) is 2.33. The summed E-state index contributed by atoms with van der Waals surface area (Å²) in [4.78, 5) is 2.29. The topological polar surface area (TPSA) is 12.5 Å². The highest BCUT2D eigenvalue weighted by atomic mass is 35.5. The van der Waals surface area contributed by atoms with E-state index >= 15 is 0 Å². The van der Waals surface area contributed by atoms with Gasteiger partial charge in [0, 0.05) is 24.7 Å². The molecule has 1 aliphatic rings. The van der Waals surface area contributed by atoms with Gasteiger partial charge < -0.3 is 4.74 Å². The number of likely N-dealkylation sites (N-methyl/N-ethyl adjacent to an activating group) is 1. The Morgan fingerprint density at radius 2 is 2.18 bits per heavy atom. The molecule has 17 heavy (non-hydrogen) atoms. The minimum atomic E-state index is 0.399. The molecular formula is C14H20ClNO. The van der Waals surface area contributed by atoms with Crippen molar-refractivity contribution in [1.82, 2.24) is 4.90 Å². The smallest absolute Gasteiger partial charge is 0.0702 e. The maximum absolute atomic E-state index is 6.15. The molecule has 0 unspecified atom stereocenters. The molecule has 1 aromatic carbocycles. The van der Waals surface area contributed by atoms with E-state index in [0.717, 1.165) is 24.7 Å². The number of halogens is 1. The Morgan fingerprint density at radius 3 is 2.88 bits per heavy atom. The van der Waals surface area contributed by atoms with E-state index in [9.17, 15) is 0 Å². The monoisotopic (exact) mass is 253 g/mol. The number of rotatable bonds is 4. The highest BCUT2D eigenvalue weighted by Crippen LogP contribution is 2.18. The molecule has 1 aromatic rings. The van der Waals surface area contributed by atoms with Gasteiger partial charge in [0.15, 0.2) is 0 Å². The number of benzene rings is 1. The quantitative estimate of drug-likeness (QED) is 0.816. The number of hydrogen-bond acceptors (Lipinski definition) is 2. The van der Waals surface area contributed by atoms with Crippen LogP contribution < -0.4 is 0 Å². The molecule has 0 radical (unpaired) electrons. The van der Waals surface area contributed by atoms with Crippen molar-refractivity contribution in [2.75, 3.05) is 20.2 Å². The van der Waals surface area contributed by atoms with E-state index in [0.29, 0.717) is 6.10 Å². The molecule has 0 aromatic heterocycles. The van der Waals surface area contributed by atoms with E-state index in [2.05, 4.69) is 18.0 Å². The van der Waals surface area contributed by atoms with Gasteiger partial charge >= 0.3 is 0 Å². The molecule has 94 valence electrons. The van der Waals surface area contributed by atoms with E-state index in [1.165, 1.54) is 24.8 Å². The summed E-state index contributed by atoms with van der Waals surface area (Å²) in [5, 5.41) is 0.851. The molecule has 0 amide bonds. The third-order valence-corrected chi connectivity index (χ3v) is 3.56. The average molecular weight is 254 g/mol. The van der Waals surface area contributed by atoms with Crippen molar-refractivity contribution in [3.05, 3.63) is 34.9 Å². The Hall–Kier alpha value is -0.570. The zero-order valence-corrected chi connectivity index (χ0v) is 11.1. The van der Waals surface area contributed by atoms with Gasteiger partial charge in [0.1, 0.15) is 0 Å². The van der Waals surface area contributed by atoms with Gasteiger partial charge in [-0.1, -0.05) is 29.8 Å². The predicted molar refractivity (Wildman–Crippen MR) is 71.4 cm³/mol. The van der Waals surface area contributed by atoms with Crippen molar-refractivity contribution in [1.29, 1.82) is 0 Å². The number of hydrogen-bond donors (Lipinski definition) is 0. The summed E-state index contributed by atoms with van der Waals surface area (Å²) in [6.07, 6.45) is 4.10. The van der Waals surface area contributed by atoms with Gasteiger partial charge in [-0.25, -0.2) is 0 Å².